The van der Waals surface area contributed by atoms with Gasteiger partial charge in [-0.3, -0.25) is 4.79 Å². The fraction of sp³-hybridized carbons (Fsp3) is 0.231. The van der Waals surface area contributed by atoms with Gasteiger partial charge in [0.25, 0.3) is 5.91 Å². The van der Waals surface area contributed by atoms with E-state index in [2.05, 4.69) is 5.10 Å². The van der Waals surface area contributed by atoms with Crippen molar-refractivity contribution >= 4 is 21.8 Å². The lowest BCUT2D eigenvalue weighted by Gasteiger charge is -2.18. The number of rotatable bonds is 4. The van der Waals surface area contributed by atoms with E-state index in [1.807, 2.05) is 0 Å². The number of nitrogens with zero attached hydrogens (tertiary/aromatic N) is 3. The number of nitrogens with one attached hydrogen (secondary N) is 1. The van der Waals surface area contributed by atoms with E-state index >= 15 is 0 Å². The first-order valence-corrected chi connectivity index (χ1v) is 8.45. The number of amides is 1. The smallest absolute Gasteiger partial charge is 0.403 e. The summed E-state index contributed by atoms with van der Waals surface area (Å²) in [6.45, 7) is -0.820. The van der Waals surface area contributed by atoms with Crippen molar-refractivity contribution < 1.29 is 40.3 Å². The van der Waals surface area contributed by atoms with Crippen molar-refractivity contribution in [3.05, 3.63) is 30.3 Å². The van der Waals surface area contributed by atoms with Crippen molar-refractivity contribution in [3.63, 3.8) is 0 Å². The summed E-state index contributed by atoms with van der Waals surface area (Å²) in [6.07, 6.45) is -2.97. The van der Waals surface area contributed by atoms with Crippen LogP contribution in [0.1, 0.15) is 0 Å². The van der Waals surface area contributed by atoms with Crippen LogP contribution in [-0.2, 0) is 21.1 Å². The van der Waals surface area contributed by atoms with Crippen molar-refractivity contribution in [2.75, 3.05) is 10.8 Å². The monoisotopic (exact) mass is 412 g/mol. The van der Waals surface area contributed by atoms with E-state index in [1.54, 1.807) is 4.72 Å². The Labute approximate surface area is 148 Å². The molecule has 1 fully saturated rings. The molecule has 0 bridgehead atoms. The highest BCUT2D eigenvalue weighted by Crippen LogP contribution is 2.39. The van der Waals surface area contributed by atoms with Gasteiger partial charge < -0.3 is 5.11 Å². The first-order valence-electron chi connectivity index (χ1n) is 7.01. The van der Waals surface area contributed by atoms with E-state index in [0.717, 1.165) is 12.1 Å². The molecule has 0 aliphatic carbocycles. The predicted octanol–water partition coefficient (Wildman–Crippen LogP) is 1.39. The number of carbonyl (C=O) groups excluding carboxylic acids is 1. The lowest BCUT2D eigenvalue weighted by molar-refractivity contribution is -0.196. The van der Waals surface area contributed by atoms with Gasteiger partial charge in [-0.2, -0.15) is 22.3 Å². The number of anilines is 1. The van der Waals surface area contributed by atoms with Crippen LogP contribution in [0.4, 0.5) is 27.6 Å². The maximum absolute atomic E-state index is 14.8. The number of hydrogen-bond donors (Lipinski definition) is 2. The number of alkyl halides is 4. The Morgan fingerprint density at radius 1 is 1.30 bits per heavy atom. The highest BCUT2D eigenvalue weighted by molar-refractivity contribution is 7.92. The molecule has 1 aliphatic heterocycles. The van der Waals surface area contributed by atoms with Gasteiger partial charge in [-0.25, -0.2) is 26.9 Å². The van der Waals surface area contributed by atoms with E-state index in [9.17, 15) is 40.3 Å². The standard InChI is InChI=1S/C13H9F5N4O4S/c14-10-7(6-3-19-22(4-6)13(17,18)12(15)16)1-2-8(23)11(10)21-5-9(24)20-27(21,25)26/h1-4,12,23H,5H2,(H,20,24). The normalized spacial score (nSPS) is 16.8. The molecule has 1 aromatic carbocycles. The van der Waals surface area contributed by atoms with Gasteiger partial charge in [0.1, 0.15) is 18.0 Å². The van der Waals surface area contributed by atoms with Crippen LogP contribution in [0.5, 0.6) is 5.75 Å². The number of halogens is 5. The van der Waals surface area contributed by atoms with Crippen LogP contribution in [0, 0.1) is 5.82 Å². The number of aromatic nitrogens is 2. The Morgan fingerprint density at radius 3 is 2.52 bits per heavy atom. The number of benzene rings is 1. The third-order valence-corrected chi connectivity index (χ3v) is 5.00. The molecule has 3 rings (SSSR count). The van der Waals surface area contributed by atoms with Gasteiger partial charge in [0.05, 0.1) is 6.20 Å². The number of aromatic hydroxyl groups is 1. The number of phenolic OH excluding ortho intramolecular Hbond substituents is 1. The van der Waals surface area contributed by atoms with Gasteiger partial charge in [0.2, 0.25) is 0 Å². The molecule has 0 unspecified atom stereocenters. The summed E-state index contributed by atoms with van der Waals surface area (Å²) in [7, 11) is -4.47. The zero-order valence-corrected chi connectivity index (χ0v) is 13.7. The van der Waals surface area contributed by atoms with Gasteiger partial charge in [0, 0.05) is 17.3 Å². The van der Waals surface area contributed by atoms with Crippen LogP contribution < -0.4 is 9.03 Å². The largest absolute Gasteiger partial charge is 0.506 e. The van der Waals surface area contributed by atoms with Crippen LogP contribution in [0.25, 0.3) is 11.1 Å². The molecule has 146 valence electrons. The second-order valence-corrected chi connectivity index (χ2v) is 6.99. The minimum absolute atomic E-state index is 0.252. The van der Waals surface area contributed by atoms with Gasteiger partial charge in [0.15, 0.2) is 5.82 Å². The fourth-order valence-corrected chi connectivity index (χ4v) is 3.55. The molecule has 2 heterocycles. The summed E-state index contributed by atoms with van der Waals surface area (Å²) in [5.74, 6) is -3.21. The predicted molar refractivity (Wildman–Crippen MR) is 79.9 cm³/mol. The minimum atomic E-state index is -4.65. The molecule has 0 spiro atoms. The number of phenols is 1. The zero-order chi connectivity index (χ0) is 20.1. The second kappa shape index (κ2) is 6.07. The first-order chi connectivity index (χ1) is 12.4. The molecular formula is C13H9F5N4O4S. The van der Waals surface area contributed by atoms with E-state index in [4.69, 9.17) is 0 Å². The Kier molecular flexibility index (Phi) is 4.25. The molecule has 14 heteroatoms. The van der Waals surface area contributed by atoms with E-state index in [-0.39, 0.29) is 14.6 Å². The van der Waals surface area contributed by atoms with Crippen molar-refractivity contribution in [2.24, 2.45) is 0 Å². The Morgan fingerprint density at radius 2 is 1.96 bits per heavy atom. The van der Waals surface area contributed by atoms with E-state index < -0.39 is 58.0 Å². The molecule has 1 aromatic heterocycles. The van der Waals surface area contributed by atoms with Gasteiger partial charge in [-0.1, -0.05) is 0 Å². The summed E-state index contributed by atoms with van der Waals surface area (Å²) in [6, 6.07) is -2.88. The average molecular weight is 412 g/mol. The number of carbonyl (C=O) groups is 1. The maximum Gasteiger partial charge on any atom is 0.403 e. The first kappa shape index (κ1) is 18.9. The molecule has 0 saturated carbocycles. The average Bonchev–Trinajstić information content (AvgIpc) is 3.12. The summed E-state index contributed by atoms with van der Waals surface area (Å²) in [5.41, 5.74) is -1.79. The molecule has 2 N–H and O–H groups in total. The van der Waals surface area contributed by atoms with Gasteiger partial charge in [-0.05, 0) is 12.1 Å². The van der Waals surface area contributed by atoms with Crippen LogP contribution in [0.2, 0.25) is 0 Å². The molecule has 27 heavy (non-hydrogen) atoms. The molecule has 0 atom stereocenters. The Hall–Kier alpha value is -2.90. The maximum atomic E-state index is 14.8. The molecule has 1 saturated heterocycles. The highest BCUT2D eigenvalue weighted by atomic mass is 32.2. The van der Waals surface area contributed by atoms with Crippen LogP contribution >= 0.6 is 0 Å². The van der Waals surface area contributed by atoms with Gasteiger partial charge >= 0.3 is 22.7 Å². The summed E-state index contributed by atoms with van der Waals surface area (Å²) in [4.78, 5) is 11.3. The minimum Gasteiger partial charge on any atom is -0.506 e. The van der Waals surface area contributed by atoms with Crippen LogP contribution in [-0.4, -0.2) is 42.2 Å². The van der Waals surface area contributed by atoms with Gasteiger partial charge in [-0.15, -0.1) is 0 Å². The fourth-order valence-electron chi connectivity index (χ4n) is 2.39. The molecule has 0 radical (unpaired) electrons. The quantitative estimate of drug-likeness (QED) is 0.739. The second-order valence-electron chi connectivity index (χ2n) is 5.39. The number of hydrogen-bond acceptors (Lipinski definition) is 5. The Bertz CT molecular complexity index is 1020. The van der Waals surface area contributed by atoms with Crippen LogP contribution in [0.3, 0.4) is 0 Å². The summed E-state index contributed by atoms with van der Waals surface area (Å²) < 4.78 is 91.5. The highest BCUT2D eigenvalue weighted by Gasteiger charge is 2.44. The lowest BCUT2D eigenvalue weighted by Crippen LogP contribution is -2.31. The molecule has 8 nitrogen and oxygen atoms in total. The van der Waals surface area contributed by atoms with Crippen molar-refractivity contribution in [3.8, 4) is 16.9 Å². The molecule has 2 aromatic rings. The summed E-state index contributed by atoms with van der Waals surface area (Å²) >= 11 is 0. The lowest BCUT2D eigenvalue weighted by atomic mass is 10.1. The topological polar surface area (TPSA) is 105 Å². The summed E-state index contributed by atoms with van der Waals surface area (Å²) in [5, 5.41) is 12.9. The van der Waals surface area contributed by atoms with Crippen molar-refractivity contribution in [1.82, 2.24) is 14.5 Å². The zero-order valence-electron chi connectivity index (χ0n) is 12.9. The Balaban J connectivity index is 2.10. The third kappa shape index (κ3) is 3.05. The van der Waals surface area contributed by atoms with E-state index in [1.165, 1.54) is 0 Å². The molecular weight excluding hydrogens is 403 g/mol. The van der Waals surface area contributed by atoms with Crippen molar-refractivity contribution in [2.45, 2.75) is 12.5 Å². The molecule has 1 aliphatic rings. The van der Waals surface area contributed by atoms with E-state index in [0.29, 0.717) is 12.4 Å². The molecule has 1 amide bonds. The third-order valence-electron chi connectivity index (χ3n) is 3.63. The van der Waals surface area contributed by atoms with Crippen molar-refractivity contribution in [1.29, 1.82) is 0 Å². The van der Waals surface area contributed by atoms with Crippen LogP contribution in [0.15, 0.2) is 24.5 Å². The SMILES string of the molecule is O=C1CN(c2c(O)ccc(-c3cnn(C(F)(F)C(F)F)c3)c2F)S(=O)(=O)N1.